The molecule has 0 heterocycles. The maximum atomic E-state index is 13.5. The van der Waals surface area contributed by atoms with Gasteiger partial charge in [0.1, 0.15) is 0 Å². The number of hydrogen-bond donors (Lipinski definition) is 1. The Labute approximate surface area is 137 Å². The standard InChI is InChI=1S/C16H13ClFNO4/c1-22-14-7-6-10(8-12(14)18)16(21)23-9-15(20)19-13-5-3-2-4-11(13)17/h2-8H,9H2,1H3,(H,19,20). The van der Waals surface area contributed by atoms with E-state index in [0.29, 0.717) is 10.7 Å². The number of benzene rings is 2. The number of anilines is 1. The zero-order valence-electron chi connectivity index (χ0n) is 12.1. The Morgan fingerprint density at radius 1 is 1.22 bits per heavy atom. The van der Waals surface area contributed by atoms with E-state index >= 15 is 0 Å². The molecule has 1 N–H and O–H groups in total. The van der Waals surface area contributed by atoms with Gasteiger partial charge in [-0.1, -0.05) is 23.7 Å². The molecule has 0 aliphatic heterocycles. The summed E-state index contributed by atoms with van der Waals surface area (Å²) in [6.07, 6.45) is 0. The minimum absolute atomic E-state index is 0.0120. The van der Waals surface area contributed by atoms with Gasteiger partial charge in [-0.3, -0.25) is 4.79 Å². The molecule has 0 aromatic heterocycles. The summed E-state index contributed by atoms with van der Waals surface area (Å²) in [4.78, 5) is 23.5. The largest absolute Gasteiger partial charge is 0.494 e. The van der Waals surface area contributed by atoms with Crippen molar-refractivity contribution in [3.63, 3.8) is 0 Å². The van der Waals surface area contributed by atoms with E-state index in [1.54, 1.807) is 24.3 Å². The van der Waals surface area contributed by atoms with Gasteiger partial charge in [-0.05, 0) is 30.3 Å². The molecule has 2 rings (SSSR count). The average Bonchev–Trinajstić information content (AvgIpc) is 2.54. The van der Waals surface area contributed by atoms with Crippen molar-refractivity contribution in [3.8, 4) is 5.75 Å². The third-order valence-corrected chi connectivity index (χ3v) is 3.20. The highest BCUT2D eigenvalue weighted by Crippen LogP contribution is 2.20. The fourth-order valence-corrected chi connectivity index (χ4v) is 1.94. The molecule has 0 atom stereocenters. The third-order valence-electron chi connectivity index (χ3n) is 2.87. The van der Waals surface area contributed by atoms with Crippen LogP contribution in [0.4, 0.5) is 10.1 Å². The Balaban J connectivity index is 1.92. The highest BCUT2D eigenvalue weighted by molar-refractivity contribution is 6.33. The van der Waals surface area contributed by atoms with Gasteiger partial charge in [0.25, 0.3) is 5.91 Å². The zero-order valence-corrected chi connectivity index (χ0v) is 12.9. The monoisotopic (exact) mass is 337 g/mol. The van der Waals surface area contributed by atoms with Gasteiger partial charge in [0.15, 0.2) is 18.2 Å². The SMILES string of the molecule is COc1ccc(C(=O)OCC(=O)Nc2ccccc2Cl)cc1F. The van der Waals surface area contributed by atoms with Gasteiger partial charge in [-0.15, -0.1) is 0 Å². The first kappa shape index (κ1) is 16.8. The Bertz CT molecular complexity index is 736. The number of nitrogens with one attached hydrogen (secondary N) is 1. The molecule has 0 saturated heterocycles. The molecule has 7 heteroatoms. The molecule has 0 aliphatic rings. The second-order valence-corrected chi connectivity index (χ2v) is 4.86. The molecular formula is C16H13ClFNO4. The van der Waals surface area contributed by atoms with E-state index in [1.807, 2.05) is 0 Å². The number of hydrogen-bond acceptors (Lipinski definition) is 4. The number of amides is 1. The van der Waals surface area contributed by atoms with Crippen molar-refractivity contribution in [1.82, 2.24) is 0 Å². The molecule has 0 unspecified atom stereocenters. The highest BCUT2D eigenvalue weighted by atomic mass is 35.5. The maximum Gasteiger partial charge on any atom is 0.338 e. The molecule has 0 saturated carbocycles. The van der Waals surface area contributed by atoms with Crippen molar-refractivity contribution in [2.45, 2.75) is 0 Å². The Kier molecular flexibility index (Phi) is 5.54. The van der Waals surface area contributed by atoms with Crippen LogP contribution >= 0.6 is 11.6 Å². The fraction of sp³-hybridized carbons (Fsp3) is 0.125. The minimum Gasteiger partial charge on any atom is -0.494 e. The van der Waals surface area contributed by atoms with Crippen LogP contribution in [0, 0.1) is 5.82 Å². The van der Waals surface area contributed by atoms with Crippen LogP contribution < -0.4 is 10.1 Å². The van der Waals surface area contributed by atoms with Gasteiger partial charge < -0.3 is 14.8 Å². The van der Waals surface area contributed by atoms with Crippen LogP contribution in [0.2, 0.25) is 5.02 Å². The lowest BCUT2D eigenvalue weighted by atomic mass is 10.2. The van der Waals surface area contributed by atoms with E-state index in [9.17, 15) is 14.0 Å². The summed E-state index contributed by atoms with van der Waals surface area (Å²) in [6, 6.07) is 10.3. The quantitative estimate of drug-likeness (QED) is 0.850. The summed E-state index contributed by atoms with van der Waals surface area (Å²) in [5.74, 6) is -2.05. The summed E-state index contributed by atoms with van der Waals surface area (Å²) in [7, 11) is 1.31. The lowest BCUT2D eigenvalue weighted by Gasteiger charge is -2.08. The molecule has 0 spiro atoms. The van der Waals surface area contributed by atoms with Crippen molar-refractivity contribution < 1.29 is 23.5 Å². The van der Waals surface area contributed by atoms with Gasteiger partial charge in [0.2, 0.25) is 0 Å². The van der Waals surface area contributed by atoms with E-state index in [-0.39, 0.29) is 11.3 Å². The van der Waals surface area contributed by atoms with E-state index < -0.39 is 24.3 Å². The lowest BCUT2D eigenvalue weighted by Crippen LogP contribution is -2.21. The summed E-state index contributed by atoms with van der Waals surface area (Å²) in [5, 5.41) is 2.87. The summed E-state index contributed by atoms with van der Waals surface area (Å²) >= 11 is 5.90. The Morgan fingerprint density at radius 3 is 2.61 bits per heavy atom. The van der Waals surface area contributed by atoms with Crippen molar-refractivity contribution in [1.29, 1.82) is 0 Å². The van der Waals surface area contributed by atoms with Crippen LogP contribution in [-0.2, 0) is 9.53 Å². The third kappa shape index (κ3) is 4.43. The first-order valence-corrected chi connectivity index (χ1v) is 6.94. The zero-order chi connectivity index (χ0) is 16.8. The molecule has 0 radical (unpaired) electrons. The summed E-state index contributed by atoms with van der Waals surface area (Å²) < 4.78 is 23.1. The van der Waals surface area contributed by atoms with E-state index in [1.165, 1.54) is 19.2 Å². The van der Waals surface area contributed by atoms with E-state index in [4.69, 9.17) is 21.1 Å². The van der Waals surface area contributed by atoms with Gasteiger partial charge in [0.05, 0.1) is 23.4 Å². The smallest absolute Gasteiger partial charge is 0.338 e. The molecule has 2 aromatic carbocycles. The molecule has 120 valence electrons. The molecule has 2 aromatic rings. The number of para-hydroxylation sites is 1. The second-order valence-electron chi connectivity index (χ2n) is 4.45. The molecule has 0 aliphatic carbocycles. The number of ether oxygens (including phenoxy) is 2. The van der Waals surface area contributed by atoms with Crippen LogP contribution in [0.1, 0.15) is 10.4 Å². The highest BCUT2D eigenvalue weighted by Gasteiger charge is 2.13. The Morgan fingerprint density at radius 2 is 1.96 bits per heavy atom. The predicted octanol–water partition coefficient (Wildman–Crippen LogP) is 3.28. The number of esters is 1. The average molecular weight is 338 g/mol. The molecule has 0 bridgehead atoms. The van der Waals surface area contributed by atoms with Gasteiger partial charge in [-0.2, -0.15) is 0 Å². The maximum absolute atomic E-state index is 13.5. The number of methoxy groups -OCH3 is 1. The van der Waals surface area contributed by atoms with Crippen molar-refractivity contribution in [2.75, 3.05) is 19.0 Å². The summed E-state index contributed by atoms with van der Waals surface area (Å²) in [6.45, 7) is -0.516. The topological polar surface area (TPSA) is 64.6 Å². The van der Waals surface area contributed by atoms with E-state index in [2.05, 4.69) is 5.32 Å². The van der Waals surface area contributed by atoms with Gasteiger partial charge in [0, 0.05) is 0 Å². The number of halogens is 2. The van der Waals surface area contributed by atoms with Crippen molar-refractivity contribution in [2.24, 2.45) is 0 Å². The van der Waals surface area contributed by atoms with Crippen molar-refractivity contribution in [3.05, 3.63) is 58.9 Å². The minimum atomic E-state index is -0.819. The molecule has 1 amide bonds. The van der Waals surface area contributed by atoms with Crippen LogP contribution in [0.5, 0.6) is 5.75 Å². The summed E-state index contributed by atoms with van der Waals surface area (Å²) in [5.41, 5.74) is 0.388. The van der Waals surface area contributed by atoms with Gasteiger partial charge >= 0.3 is 5.97 Å². The van der Waals surface area contributed by atoms with Crippen LogP contribution in [-0.4, -0.2) is 25.6 Å². The van der Waals surface area contributed by atoms with Crippen molar-refractivity contribution >= 4 is 29.2 Å². The molecule has 23 heavy (non-hydrogen) atoms. The van der Waals surface area contributed by atoms with Crippen LogP contribution in [0.3, 0.4) is 0 Å². The fourth-order valence-electron chi connectivity index (χ4n) is 1.76. The van der Waals surface area contributed by atoms with Crippen LogP contribution in [0.15, 0.2) is 42.5 Å². The second kappa shape index (κ2) is 7.60. The predicted molar refractivity (Wildman–Crippen MR) is 83.3 cm³/mol. The van der Waals surface area contributed by atoms with Gasteiger partial charge in [-0.25, -0.2) is 9.18 Å². The van der Waals surface area contributed by atoms with E-state index in [0.717, 1.165) is 6.07 Å². The number of carbonyl (C=O) groups excluding carboxylic acids is 2. The first-order valence-electron chi connectivity index (χ1n) is 6.56. The molecule has 0 fully saturated rings. The number of rotatable bonds is 5. The van der Waals surface area contributed by atoms with Crippen LogP contribution in [0.25, 0.3) is 0 Å². The Hall–Kier alpha value is -2.60. The first-order chi connectivity index (χ1) is 11.0. The lowest BCUT2D eigenvalue weighted by molar-refractivity contribution is -0.119. The molecular weight excluding hydrogens is 325 g/mol. The molecule has 5 nitrogen and oxygen atoms in total. The number of carbonyl (C=O) groups is 2. The normalized spacial score (nSPS) is 10.0.